The Morgan fingerprint density at radius 3 is 2.56 bits per heavy atom. The average molecular weight is 271 g/mol. The molecule has 0 heterocycles. The summed E-state index contributed by atoms with van der Waals surface area (Å²) >= 11 is 5.38. The van der Waals surface area contributed by atoms with E-state index in [1.54, 1.807) is 0 Å². The summed E-state index contributed by atoms with van der Waals surface area (Å²) < 4.78 is 9.88. The van der Waals surface area contributed by atoms with E-state index in [2.05, 4.69) is 0 Å². The first-order chi connectivity index (χ1) is 8.72. The van der Waals surface area contributed by atoms with Crippen molar-refractivity contribution in [1.29, 1.82) is 0 Å². The zero-order chi connectivity index (χ0) is 13.2. The molecule has 0 saturated heterocycles. The highest BCUT2D eigenvalue weighted by atomic mass is 35.5. The summed E-state index contributed by atoms with van der Waals surface area (Å²) in [5.74, 6) is -0.525. The molecule has 1 aromatic rings. The molecule has 1 rings (SSSR count). The molecule has 98 valence electrons. The Morgan fingerprint density at radius 2 is 1.89 bits per heavy atom. The minimum absolute atomic E-state index is 0.104. The van der Waals surface area contributed by atoms with E-state index in [9.17, 15) is 9.59 Å². The number of hydrogen-bond donors (Lipinski definition) is 0. The van der Waals surface area contributed by atoms with Crippen LogP contribution in [0.25, 0.3) is 0 Å². The van der Waals surface area contributed by atoms with Gasteiger partial charge in [0.25, 0.3) is 0 Å². The zero-order valence-electron chi connectivity index (χ0n) is 9.93. The number of benzene rings is 1. The van der Waals surface area contributed by atoms with E-state index in [0.717, 1.165) is 5.56 Å². The Kier molecular flexibility index (Phi) is 7.06. The van der Waals surface area contributed by atoms with Gasteiger partial charge in [0.15, 0.2) is 5.78 Å². The lowest BCUT2D eigenvalue weighted by Gasteiger charge is -2.04. The lowest BCUT2D eigenvalue weighted by molar-refractivity contribution is -0.148. The Labute approximate surface area is 111 Å². The highest BCUT2D eigenvalue weighted by Crippen LogP contribution is 2.02. The van der Waals surface area contributed by atoms with Crippen LogP contribution in [0.5, 0.6) is 0 Å². The molecule has 0 N–H and O–H groups in total. The number of hydrogen-bond acceptors (Lipinski definition) is 4. The largest absolute Gasteiger partial charge is 0.460 e. The minimum Gasteiger partial charge on any atom is -0.460 e. The Morgan fingerprint density at radius 1 is 1.17 bits per heavy atom. The van der Waals surface area contributed by atoms with Gasteiger partial charge in [-0.05, 0) is 5.56 Å². The molecule has 0 aliphatic rings. The normalized spacial score (nSPS) is 10.1. The highest BCUT2D eigenvalue weighted by Gasteiger charge is 2.10. The second-order valence-electron chi connectivity index (χ2n) is 3.60. The van der Waals surface area contributed by atoms with E-state index in [4.69, 9.17) is 21.1 Å². The van der Waals surface area contributed by atoms with Crippen LogP contribution >= 0.6 is 11.6 Å². The zero-order valence-corrected chi connectivity index (χ0v) is 10.7. The molecule has 4 nitrogen and oxygen atoms in total. The number of esters is 1. The van der Waals surface area contributed by atoms with Crippen LogP contribution in [0.4, 0.5) is 0 Å². The molecule has 0 spiro atoms. The molecular formula is C13H15ClO4. The van der Waals surface area contributed by atoms with Gasteiger partial charge in [-0.15, -0.1) is 11.6 Å². The van der Waals surface area contributed by atoms with Gasteiger partial charge in [0, 0.05) is 5.88 Å². The van der Waals surface area contributed by atoms with Gasteiger partial charge in [-0.25, -0.2) is 0 Å². The van der Waals surface area contributed by atoms with Crippen LogP contribution in [0.1, 0.15) is 12.0 Å². The lowest BCUT2D eigenvalue weighted by atomic mass is 10.2. The number of carbonyl (C=O) groups excluding carboxylic acids is 2. The van der Waals surface area contributed by atoms with Crippen molar-refractivity contribution >= 4 is 23.4 Å². The van der Waals surface area contributed by atoms with Crippen LogP contribution < -0.4 is 0 Å². The van der Waals surface area contributed by atoms with Gasteiger partial charge in [0.05, 0.1) is 6.61 Å². The van der Waals surface area contributed by atoms with Crippen LogP contribution in [0, 0.1) is 0 Å². The molecule has 0 aliphatic carbocycles. The average Bonchev–Trinajstić information content (AvgIpc) is 2.38. The summed E-state index contributed by atoms with van der Waals surface area (Å²) in [5.41, 5.74) is 0.886. The Hall–Kier alpha value is -1.39. The van der Waals surface area contributed by atoms with Gasteiger partial charge in [0.2, 0.25) is 0 Å². The fourth-order valence-electron chi connectivity index (χ4n) is 1.24. The van der Waals surface area contributed by atoms with Crippen molar-refractivity contribution in [3.63, 3.8) is 0 Å². The SMILES string of the molecule is O=C(COCCCl)CC(=O)OCc1ccccc1. The van der Waals surface area contributed by atoms with E-state index >= 15 is 0 Å². The maximum atomic E-state index is 11.3. The summed E-state index contributed by atoms with van der Waals surface area (Å²) in [5, 5.41) is 0. The van der Waals surface area contributed by atoms with Crippen LogP contribution in [-0.4, -0.2) is 30.8 Å². The third-order valence-electron chi connectivity index (χ3n) is 2.07. The standard InChI is InChI=1S/C13H15ClO4/c14-6-7-17-10-12(15)8-13(16)18-9-11-4-2-1-3-5-11/h1-5H,6-10H2. The fourth-order valence-corrected chi connectivity index (χ4v) is 1.35. The first-order valence-electron chi connectivity index (χ1n) is 5.57. The molecule has 0 bridgehead atoms. The third kappa shape index (κ3) is 6.37. The molecule has 0 fully saturated rings. The smallest absolute Gasteiger partial charge is 0.313 e. The van der Waals surface area contributed by atoms with Crippen molar-refractivity contribution in [2.45, 2.75) is 13.0 Å². The molecule has 5 heteroatoms. The van der Waals surface area contributed by atoms with Crippen molar-refractivity contribution < 1.29 is 19.1 Å². The van der Waals surface area contributed by atoms with Gasteiger partial charge in [-0.1, -0.05) is 30.3 Å². The molecule has 0 atom stereocenters. The predicted molar refractivity (Wildman–Crippen MR) is 67.4 cm³/mol. The maximum Gasteiger partial charge on any atom is 0.313 e. The molecule has 18 heavy (non-hydrogen) atoms. The Balaban J connectivity index is 2.19. The highest BCUT2D eigenvalue weighted by molar-refractivity contribution is 6.18. The molecular weight excluding hydrogens is 256 g/mol. The monoisotopic (exact) mass is 270 g/mol. The van der Waals surface area contributed by atoms with Gasteiger partial charge in [0.1, 0.15) is 19.6 Å². The quantitative estimate of drug-likeness (QED) is 0.314. The molecule has 0 amide bonds. The summed E-state index contributed by atoms with van der Waals surface area (Å²) in [6.45, 7) is 0.370. The lowest BCUT2D eigenvalue weighted by Crippen LogP contribution is -2.16. The van der Waals surface area contributed by atoms with Crippen LogP contribution in [-0.2, 0) is 25.7 Å². The van der Waals surface area contributed by atoms with Crippen LogP contribution in [0.2, 0.25) is 0 Å². The first-order valence-corrected chi connectivity index (χ1v) is 6.11. The second kappa shape index (κ2) is 8.66. The van der Waals surface area contributed by atoms with E-state index in [0.29, 0.717) is 12.5 Å². The van der Waals surface area contributed by atoms with Crippen molar-refractivity contribution in [3.05, 3.63) is 35.9 Å². The maximum absolute atomic E-state index is 11.3. The van der Waals surface area contributed by atoms with Crippen molar-refractivity contribution in [2.75, 3.05) is 19.1 Å². The van der Waals surface area contributed by atoms with Gasteiger partial charge in [-0.3, -0.25) is 9.59 Å². The predicted octanol–water partition coefficient (Wildman–Crippen LogP) is 1.94. The summed E-state index contributed by atoms with van der Waals surface area (Å²) in [4.78, 5) is 22.6. The number of carbonyl (C=O) groups is 2. The molecule has 0 aliphatic heterocycles. The Bertz CT molecular complexity index is 378. The van der Waals surface area contributed by atoms with Crippen molar-refractivity contribution in [3.8, 4) is 0 Å². The number of rotatable bonds is 8. The molecule has 0 aromatic heterocycles. The van der Waals surface area contributed by atoms with Gasteiger partial charge < -0.3 is 9.47 Å². The van der Waals surface area contributed by atoms with Crippen LogP contribution in [0.15, 0.2) is 30.3 Å². The summed E-state index contributed by atoms with van der Waals surface area (Å²) in [6, 6.07) is 9.28. The number of alkyl halides is 1. The molecule has 1 aromatic carbocycles. The third-order valence-corrected chi connectivity index (χ3v) is 2.22. The summed E-state index contributed by atoms with van der Waals surface area (Å²) in [7, 11) is 0. The summed E-state index contributed by atoms with van der Waals surface area (Å²) in [6.07, 6.45) is -0.269. The van der Waals surface area contributed by atoms with E-state index < -0.39 is 5.97 Å². The molecule has 0 saturated carbocycles. The number of halogens is 1. The van der Waals surface area contributed by atoms with Gasteiger partial charge in [-0.2, -0.15) is 0 Å². The van der Waals surface area contributed by atoms with E-state index in [-0.39, 0.29) is 25.4 Å². The number of ether oxygens (including phenoxy) is 2. The first kappa shape index (κ1) is 14.7. The topological polar surface area (TPSA) is 52.6 Å². The molecule has 0 radical (unpaired) electrons. The van der Waals surface area contributed by atoms with Crippen LogP contribution in [0.3, 0.4) is 0 Å². The van der Waals surface area contributed by atoms with Crippen molar-refractivity contribution in [1.82, 2.24) is 0 Å². The second-order valence-corrected chi connectivity index (χ2v) is 3.98. The molecule has 0 unspecified atom stereocenters. The van der Waals surface area contributed by atoms with E-state index in [1.807, 2.05) is 30.3 Å². The fraction of sp³-hybridized carbons (Fsp3) is 0.385. The van der Waals surface area contributed by atoms with E-state index in [1.165, 1.54) is 0 Å². The number of Topliss-reactive ketones (excluding diaryl/α,β-unsaturated/α-hetero) is 1. The number of ketones is 1. The minimum atomic E-state index is -0.543. The van der Waals surface area contributed by atoms with Gasteiger partial charge >= 0.3 is 5.97 Å². The van der Waals surface area contributed by atoms with Crippen molar-refractivity contribution in [2.24, 2.45) is 0 Å².